The summed E-state index contributed by atoms with van der Waals surface area (Å²) in [5.74, 6) is 1.10. The van der Waals surface area contributed by atoms with Crippen LogP contribution in [-0.4, -0.2) is 60.0 Å². The van der Waals surface area contributed by atoms with Gasteiger partial charge in [0.25, 0.3) is 0 Å². The quantitative estimate of drug-likeness (QED) is 0.817. The van der Waals surface area contributed by atoms with Crippen molar-refractivity contribution in [1.29, 1.82) is 0 Å². The lowest BCUT2D eigenvalue weighted by atomic mass is 10.0. The highest BCUT2D eigenvalue weighted by Gasteiger charge is 2.33. The number of likely N-dealkylation sites (tertiary alicyclic amines) is 1. The molecule has 1 N–H and O–H groups in total. The number of hydrogen-bond acceptors (Lipinski definition) is 5. The molecule has 2 aliphatic heterocycles. The van der Waals surface area contributed by atoms with E-state index < -0.39 is 0 Å². The highest BCUT2D eigenvalue weighted by molar-refractivity contribution is 5.79. The smallest absolute Gasteiger partial charge is 0.237 e. The van der Waals surface area contributed by atoms with Gasteiger partial charge in [-0.3, -0.25) is 14.7 Å². The number of carbonyl (C=O) groups is 1. The van der Waals surface area contributed by atoms with Gasteiger partial charge in [0.2, 0.25) is 5.91 Å². The zero-order valence-electron chi connectivity index (χ0n) is 17.1. The maximum atomic E-state index is 13.3. The van der Waals surface area contributed by atoms with E-state index in [2.05, 4.69) is 38.3 Å². The number of benzene rings is 1. The monoisotopic (exact) mass is 394 g/mol. The van der Waals surface area contributed by atoms with Crippen LogP contribution < -0.4 is 10.1 Å². The van der Waals surface area contributed by atoms with Gasteiger partial charge in [-0.1, -0.05) is 18.2 Å². The van der Waals surface area contributed by atoms with Crippen LogP contribution in [0.2, 0.25) is 0 Å². The standard InChI is InChI=1S/C23H30N4O2/c1-2-29-20-9-7-18(8-10-20)21-6-4-13-27(21)23(28)17-26-14-12-25-16-22(26)19-5-3-11-24-15-19/h3,5,7-11,15,21-22,25H,2,4,6,12-14,16-17H2,1H3. The van der Waals surface area contributed by atoms with Gasteiger partial charge in [-0.25, -0.2) is 0 Å². The molecule has 29 heavy (non-hydrogen) atoms. The minimum Gasteiger partial charge on any atom is -0.494 e. The van der Waals surface area contributed by atoms with Crippen molar-refractivity contribution in [3.63, 3.8) is 0 Å². The summed E-state index contributed by atoms with van der Waals surface area (Å²) in [5.41, 5.74) is 2.36. The van der Waals surface area contributed by atoms with Crippen LogP contribution in [0.5, 0.6) is 5.75 Å². The summed E-state index contributed by atoms with van der Waals surface area (Å²) >= 11 is 0. The highest BCUT2D eigenvalue weighted by Crippen LogP contribution is 2.33. The van der Waals surface area contributed by atoms with Gasteiger partial charge in [-0.2, -0.15) is 0 Å². The Balaban J connectivity index is 1.45. The largest absolute Gasteiger partial charge is 0.494 e. The maximum Gasteiger partial charge on any atom is 0.237 e. The Hall–Kier alpha value is -2.44. The summed E-state index contributed by atoms with van der Waals surface area (Å²) in [5, 5.41) is 3.45. The van der Waals surface area contributed by atoms with Crippen LogP contribution >= 0.6 is 0 Å². The third-order valence-corrected chi connectivity index (χ3v) is 5.91. The molecule has 0 saturated carbocycles. The molecule has 3 heterocycles. The molecular formula is C23H30N4O2. The molecule has 0 radical (unpaired) electrons. The molecule has 2 fully saturated rings. The molecule has 6 nitrogen and oxygen atoms in total. The zero-order valence-corrected chi connectivity index (χ0v) is 17.1. The van der Waals surface area contributed by atoms with E-state index in [-0.39, 0.29) is 18.0 Å². The average molecular weight is 395 g/mol. The minimum atomic E-state index is 0.165. The molecule has 1 aromatic carbocycles. The molecule has 2 atom stereocenters. The minimum absolute atomic E-state index is 0.165. The third kappa shape index (κ3) is 4.60. The van der Waals surface area contributed by atoms with Crippen LogP contribution in [0, 0.1) is 0 Å². The summed E-state index contributed by atoms with van der Waals surface area (Å²) in [7, 11) is 0. The second kappa shape index (κ2) is 9.37. The van der Waals surface area contributed by atoms with Crippen molar-refractivity contribution in [2.75, 3.05) is 39.3 Å². The molecule has 6 heteroatoms. The normalized spacial score (nSPS) is 22.6. The fraction of sp³-hybridized carbons (Fsp3) is 0.478. The van der Waals surface area contributed by atoms with Crippen molar-refractivity contribution in [3.8, 4) is 5.75 Å². The van der Waals surface area contributed by atoms with E-state index in [0.717, 1.165) is 50.3 Å². The Morgan fingerprint density at radius 2 is 2.03 bits per heavy atom. The first-order valence-electron chi connectivity index (χ1n) is 10.6. The van der Waals surface area contributed by atoms with Crippen molar-refractivity contribution in [2.45, 2.75) is 31.8 Å². The number of nitrogens with one attached hydrogen (secondary N) is 1. The number of piperazine rings is 1. The Morgan fingerprint density at radius 1 is 1.17 bits per heavy atom. The first-order chi connectivity index (χ1) is 14.3. The van der Waals surface area contributed by atoms with Gasteiger partial charge in [0.1, 0.15) is 5.75 Å². The fourth-order valence-electron chi connectivity index (χ4n) is 4.47. The topological polar surface area (TPSA) is 57.7 Å². The number of pyridine rings is 1. The predicted molar refractivity (Wildman–Crippen MR) is 113 cm³/mol. The van der Waals surface area contributed by atoms with Gasteiger partial charge in [0.05, 0.1) is 19.2 Å². The summed E-state index contributed by atoms with van der Waals surface area (Å²) < 4.78 is 5.55. The number of aromatic nitrogens is 1. The van der Waals surface area contributed by atoms with Crippen molar-refractivity contribution >= 4 is 5.91 Å². The van der Waals surface area contributed by atoms with E-state index in [1.165, 1.54) is 5.56 Å². The van der Waals surface area contributed by atoms with E-state index in [0.29, 0.717) is 13.2 Å². The Kier molecular flexibility index (Phi) is 6.42. The van der Waals surface area contributed by atoms with E-state index in [1.807, 2.05) is 31.3 Å². The Bertz CT molecular complexity index is 796. The van der Waals surface area contributed by atoms with Crippen molar-refractivity contribution in [3.05, 3.63) is 59.9 Å². The van der Waals surface area contributed by atoms with Crippen LogP contribution in [-0.2, 0) is 4.79 Å². The predicted octanol–water partition coefficient (Wildman–Crippen LogP) is 2.79. The first-order valence-corrected chi connectivity index (χ1v) is 10.6. The molecule has 4 rings (SSSR count). The summed E-state index contributed by atoms with van der Waals surface area (Å²) in [6.07, 6.45) is 5.78. The van der Waals surface area contributed by atoms with E-state index >= 15 is 0 Å². The van der Waals surface area contributed by atoms with Crippen molar-refractivity contribution < 1.29 is 9.53 Å². The van der Waals surface area contributed by atoms with Crippen LogP contribution in [0.15, 0.2) is 48.8 Å². The number of carbonyl (C=O) groups excluding carboxylic acids is 1. The number of ether oxygens (including phenoxy) is 1. The second-order valence-corrected chi connectivity index (χ2v) is 7.72. The molecule has 0 bridgehead atoms. The second-order valence-electron chi connectivity index (χ2n) is 7.72. The Labute approximate surface area is 172 Å². The SMILES string of the molecule is CCOc1ccc(C2CCCN2C(=O)CN2CCNCC2c2cccnc2)cc1. The van der Waals surface area contributed by atoms with E-state index in [4.69, 9.17) is 4.74 Å². The molecule has 0 spiro atoms. The van der Waals surface area contributed by atoms with Crippen LogP contribution in [0.25, 0.3) is 0 Å². The molecule has 2 aromatic rings. The lowest BCUT2D eigenvalue weighted by molar-refractivity contribution is -0.134. The average Bonchev–Trinajstić information content (AvgIpc) is 3.26. The van der Waals surface area contributed by atoms with Crippen LogP contribution in [0.4, 0.5) is 0 Å². The summed E-state index contributed by atoms with van der Waals surface area (Å²) in [6.45, 7) is 6.56. The van der Waals surface area contributed by atoms with Gasteiger partial charge in [-0.15, -0.1) is 0 Å². The number of rotatable bonds is 6. The molecule has 2 saturated heterocycles. The molecular weight excluding hydrogens is 364 g/mol. The van der Waals surface area contributed by atoms with Crippen molar-refractivity contribution in [1.82, 2.24) is 20.1 Å². The highest BCUT2D eigenvalue weighted by atomic mass is 16.5. The van der Waals surface area contributed by atoms with Gasteiger partial charge < -0.3 is 15.0 Å². The lowest BCUT2D eigenvalue weighted by Gasteiger charge is -2.37. The van der Waals surface area contributed by atoms with Gasteiger partial charge >= 0.3 is 0 Å². The fourth-order valence-corrected chi connectivity index (χ4v) is 4.47. The van der Waals surface area contributed by atoms with Gasteiger partial charge in [0.15, 0.2) is 0 Å². The lowest BCUT2D eigenvalue weighted by Crippen LogP contribution is -2.50. The van der Waals surface area contributed by atoms with E-state index in [9.17, 15) is 4.79 Å². The van der Waals surface area contributed by atoms with Crippen LogP contribution in [0.1, 0.15) is 43.0 Å². The van der Waals surface area contributed by atoms with Gasteiger partial charge in [-0.05, 0) is 49.1 Å². The number of nitrogens with zero attached hydrogens (tertiary/aromatic N) is 3. The number of hydrogen-bond donors (Lipinski definition) is 1. The molecule has 2 aliphatic rings. The molecule has 154 valence electrons. The molecule has 1 amide bonds. The molecule has 1 aromatic heterocycles. The zero-order chi connectivity index (χ0) is 20.1. The Morgan fingerprint density at radius 3 is 2.79 bits per heavy atom. The number of amides is 1. The van der Waals surface area contributed by atoms with E-state index in [1.54, 1.807) is 6.20 Å². The summed E-state index contributed by atoms with van der Waals surface area (Å²) in [4.78, 5) is 21.9. The van der Waals surface area contributed by atoms with Gasteiger partial charge in [0, 0.05) is 44.6 Å². The third-order valence-electron chi connectivity index (χ3n) is 5.91. The van der Waals surface area contributed by atoms with Crippen LogP contribution in [0.3, 0.4) is 0 Å². The molecule has 2 unspecified atom stereocenters. The van der Waals surface area contributed by atoms with Crippen molar-refractivity contribution in [2.24, 2.45) is 0 Å². The maximum absolute atomic E-state index is 13.3. The first kappa shape index (κ1) is 19.9. The summed E-state index contributed by atoms with van der Waals surface area (Å²) in [6, 6.07) is 12.6. The molecule has 0 aliphatic carbocycles.